The number of Topliss-reactive ketones (excluding diaryl/α,β-unsaturated/α-hetero) is 1. The predicted octanol–water partition coefficient (Wildman–Crippen LogP) is 6.62. The summed E-state index contributed by atoms with van der Waals surface area (Å²) in [5, 5.41) is 10.0. The van der Waals surface area contributed by atoms with Crippen molar-refractivity contribution in [1.29, 1.82) is 0 Å². The Hall–Kier alpha value is -1.45. The van der Waals surface area contributed by atoms with Gasteiger partial charge in [-0.05, 0) is 97.9 Å². The Morgan fingerprint density at radius 1 is 0.912 bits per heavy atom. The molecule has 0 aromatic rings. The van der Waals surface area contributed by atoms with Crippen molar-refractivity contribution in [2.24, 2.45) is 50.2 Å². The zero-order valence-electron chi connectivity index (χ0n) is 22.3. The zero-order valence-corrected chi connectivity index (χ0v) is 22.3. The molecule has 1 N–H and O–H groups in total. The molecule has 5 aliphatic rings. The van der Waals surface area contributed by atoms with Crippen LogP contribution in [-0.2, 0) is 14.4 Å². The minimum Gasteiger partial charge on any atom is -0.481 e. The van der Waals surface area contributed by atoms with Gasteiger partial charge in [0.25, 0.3) is 0 Å². The lowest BCUT2D eigenvalue weighted by atomic mass is 9.33. The summed E-state index contributed by atoms with van der Waals surface area (Å²) in [6.45, 7) is 15.5. The number of carboxylic acids is 1. The van der Waals surface area contributed by atoms with Gasteiger partial charge in [-0.15, -0.1) is 0 Å². The van der Waals surface area contributed by atoms with Gasteiger partial charge < -0.3 is 5.11 Å². The van der Waals surface area contributed by atoms with Gasteiger partial charge in [0.1, 0.15) is 5.78 Å². The second-order valence-corrected chi connectivity index (χ2v) is 14.7. The molecule has 4 fully saturated rings. The highest BCUT2D eigenvalue weighted by Gasteiger charge is 2.70. The summed E-state index contributed by atoms with van der Waals surface area (Å²) in [5.74, 6) is 0.222. The van der Waals surface area contributed by atoms with E-state index in [1.807, 2.05) is 13.0 Å². The first-order chi connectivity index (χ1) is 15.6. The summed E-state index contributed by atoms with van der Waals surface area (Å²) < 4.78 is 0. The third-order valence-electron chi connectivity index (χ3n) is 12.8. The SMILES string of the molecule is CC1(C)C(=O)CC[C@@]2(C)C1CC[C@]1(C)C2C(=O)C=C2[C@@H]3C[C@@](C)(C(=O)O)CC[C@]3(C)CC[C@]21C. The van der Waals surface area contributed by atoms with E-state index in [-0.39, 0.29) is 50.6 Å². The van der Waals surface area contributed by atoms with E-state index >= 15 is 0 Å². The molecule has 0 radical (unpaired) electrons. The lowest BCUT2D eigenvalue weighted by Gasteiger charge is -2.69. The number of carbonyl (C=O) groups is 3. The van der Waals surface area contributed by atoms with E-state index in [4.69, 9.17) is 0 Å². The number of rotatable bonds is 1. The topological polar surface area (TPSA) is 71.4 Å². The minimum atomic E-state index is -0.721. The van der Waals surface area contributed by atoms with Crippen molar-refractivity contribution in [3.8, 4) is 0 Å². The van der Waals surface area contributed by atoms with Crippen LogP contribution in [0.5, 0.6) is 0 Å². The van der Waals surface area contributed by atoms with Gasteiger partial charge in [0.2, 0.25) is 0 Å². The van der Waals surface area contributed by atoms with Crippen LogP contribution < -0.4 is 0 Å². The maximum atomic E-state index is 14.2. The molecule has 0 heterocycles. The van der Waals surface area contributed by atoms with E-state index in [1.165, 1.54) is 5.57 Å². The Kier molecular flexibility index (Phi) is 4.89. The highest BCUT2D eigenvalue weighted by atomic mass is 16.4. The summed E-state index contributed by atoms with van der Waals surface area (Å²) >= 11 is 0. The number of aliphatic carboxylic acids is 1. The van der Waals surface area contributed by atoms with Gasteiger partial charge in [-0.3, -0.25) is 14.4 Å². The smallest absolute Gasteiger partial charge is 0.309 e. The van der Waals surface area contributed by atoms with Crippen molar-refractivity contribution in [3.63, 3.8) is 0 Å². The molecule has 0 aliphatic heterocycles. The molecular weight excluding hydrogens is 424 g/mol. The third kappa shape index (κ3) is 2.75. The monoisotopic (exact) mass is 468 g/mol. The predicted molar refractivity (Wildman–Crippen MR) is 132 cm³/mol. The van der Waals surface area contributed by atoms with E-state index < -0.39 is 11.4 Å². The van der Waals surface area contributed by atoms with Crippen LogP contribution in [0.2, 0.25) is 0 Å². The van der Waals surface area contributed by atoms with Gasteiger partial charge in [0.05, 0.1) is 5.41 Å². The van der Waals surface area contributed by atoms with Crippen LogP contribution >= 0.6 is 0 Å². The summed E-state index contributed by atoms with van der Waals surface area (Å²) in [6.07, 6.45) is 9.78. The molecule has 188 valence electrons. The second kappa shape index (κ2) is 6.85. The van der Waals surface area contributed by atoms with Gasteiger partial charge >= 0.3 is 5.97 Å². The molecular formula is C30H44O4. The lowest BCUT2D eigenvalue weighted by Crippen LogP contribution is -2.66. The van der Waals surface area contributed by atoms with Crippen LogP contribution in [0.25, 0.3) is 0 Å². The van der Waals surface area contributed by atoms with Crippen molar-refractivity contribution in [2.75, 3.05) is 0 Å². The molecule has 34 heavy (non-hydrogen) atoms. The van der Waals surface area contributed by atoms with Crippen molar-refractivity contribution in [3.05, 3.63) is 11.6 Å². The normalized spacial score (nSPS) is 52.0. The Balaban J connectivity index is 1.63. The van der Waals surface area contributed by atoms with E-state index in [9.17, 15) is 19.5 Å². The van der Waals surface area contributed by atoms with Crippen molar-refractivity contribution < 1.29 is 19.5 Å². The van der Waals surface area contributed by atoms with Gasteiger partial charge in [-0.1, -0.05) is 47.1 Å². The molecule has 0 bridgehead atoms. The van der Waals surface area contributed by atoms with Crippen molar-refractivity contribution in [1.82, 2.24) is 0 Å². The quantitative estimate of drug-likeness (QED) is 0.469. The molecule has 8 atom stereocenters. The van der Waals surface area contributed by atoms with Crippen molar-refractivity contribution >= 4 is 17.5 Å². The first-order valence-electron chi connectivity index (χ1n) is 13.6. The maximum absolute atomic E-state index is 14.2. The molecule has 4 nitrogen and oxygen atoms in total. The molecule has 4 heteroatoms. The summed E-state index contributed by atoms with van der Waals surface area (Å²) in [4.78, 5) is 39.3. The van der Waals surface area contributed by atoms with Crippen LogP contribution in [-0.4, -0.2) is 22.6 Å². The summed E-state index contributed by atoms with van der Waals surface area (Å²) in [7, 11) is 0. The molecule has 0 spiro atoms. The fraction of sp³-hybridized carbons (Fsp3) is 0.833. The first-order valence-corrected chi connectivity index (χ1v) is 13.6. The highest BCUT2D eigenvalue weighted by Crippen LogP contribution is 2.74. The minimum absolute atomic E-state index is 0.0707. The van der Waals surface area contributed by atoms with Crippen LogP contribution in [0, 0.1) is 50.2 Å². The Labute approximate surface area is 205 Å². The second-order valence-electron chi connectivity index (χ2n) is 14.7. The van der Waals surface area contributed by atoms with Gasteiger partial charge in [0.15, 0.2) is 5.78 Å². The Morgan fingerprint density at radius 2 is 1.56 bits per heavy atom. The zero-order chi connectivity index (χ0) is 25.1. The number of carboxylic acid groups (broad SMARTS) is 1. The molecule has 0 amide bonds. The third-order valence-corrected chi connectivity index (χ3v) is 12.8. The van der Waals surface area contributed by atoms with Crippen molar-refractivity contribution in [2.45, 2.75) is 106 Å². The highest BCUT2D eigenvalue weighted by molar-refractivity contribution is 5.96. The molecule has 0 saturated heterocycles. The maximum Gasteiger partial charge on any atom is 0.309 e. The van der Waals surface area contributed by atoms with E-state index in [1.54, 1.807) is 0 Å². The number of hydrogen-bond donors (Lipinski definition) is 1. The number of allylic oxidation sites excluding steroid dienone is 2. The number of fused-ring (bicyclic) bond motifs is 7. The van der Waals surface area contributed by atoms with Crippen LogP contribution in [0.1, 0.15) is 106 Å². The molecule has 0 aromatic carbocycles. The molecule has 5 rings (SSSR count). The molecule has 5 aliphatic carbocycles. The average molecular weight is 469 g/mol. The largest absolute Gasteiger partial charge is 0.481 e. The van der Waals surface area contributed by atoms with Gasteiger partial charge in [-0.25, -0.2) is 0 Å². The summed E-state index contributed by atoms with van der Waals surface area (Å²) in [5.41, 5.74) is -0.205. The molecule has 0 aromatic heterocycles. The molecule has 4 saturated carbocycles. The van der Waals surface area contributed by atoms with E-state index in [0.29, 0.717) is 18.6 Å². The van der Waals surface area contributed by atoms with Gasteiger partial charge in [0, 0.05) is 17.8 Å². The number of hydrogen-bond acceptors (Lipinski definition) is 3. The number of ketones is 2. The van der Waals surface area contributed by atoms with Gasteiger partial charge in [-0.2, -0.15) is 0 Å². The van der Waals surface area contributed by atoms with Crippen LogP contribution in [0.3, 0.4) is 0 Å². The fourth-order valence-electron chi connectivity index (χ4n) is 10.2. The van der Waals surface area contributed by atoms with E-state index in [0.717, 1.165) is 44.9 Å². The Bertz CT molecular complexity index is 1010. The first kappa shape index (κ1) is 24.3. The van der Waals surface area contributed by atoms with Crippen LogP contribution in [0.15, 0.2) is 11.6 Å². The summed E-state index contributed by atoms with van der Waals surface area (Å²) in [6, 6.07) is 0. The lowest BCUT2D eigenvalue weighted by molar-refractivity contribution is -0.188. The van der Waals surface area contributed by atoms with E-state index in [2.05, 4.69) is 41.5 Å². The fourth-order valence-corrected chi connectivity index (χ4v) is 10.2. The Morgan fingerprint density at radius 3 is 2.21 bits per heavy atom. The molecule has 2 unspecified atom stereocenters. The average Bonchev–Trinajstić information content (AvgIpc) is 2.73. The number of carbonyl (C=O) groups excluding carboxylic acids is 2. The standard InChI is InChI=1S/C30H44O4/c1-25(2)21-8-11-30(7)23(28(21,5)10-9-22(25)32)20(31)16-18-19-17-27(4,24(33)34)13-12-26(19,3)14-15-29(18,30)6/h16,19,21,23H,8-15,17H2,1-7H3,(H,33,34)/t19-,21?,23?,26+,27-,28-,29+,30+/m0/s1. The van der Waals surface area contributed by atoms with Crippen LogP contribution in [0.4, 0.5) is 0 Å².